The summed E-state index contributed by atoms with van der Waals surface area (Å²) < 4.78 is 4.15. The number of carbonyl (C=O) groups is 1. The zero-order valence-corrected chi connectivity index (χ0v) is 8.19. The standard InChI is InChI=1S/C8H10.C3H6O2/c1-2-8-6-4-3-5-7-8;1-2-5-3-4/h3-7H,2H2,1H3;3H,2H2,1H3. The lowest BCUT2D eigenvalue weighted by Gasteiger charge is -1.89. The van der Waals surface area contributed by atoms with Crippen molar-refractivity contribution in [2.24, 2.45) is 0 Å². The van der Waals surface area contributed by atoms with Crippen LogP contribution < -0.4 is 0 Å². The largest absolute Gasteiger partial charge is 0.468 e. The van der Waals surface area contributed by atoms with Crippen molar-refractivity contribution >= 4 is 6.47 Å². The predicted octanol–water partition coefficient (Wildman–Crippen LogP) is 2.43. The van der Waals surface area contributed by atoms with Gasteiger partial charge in [-0.15, -0.1) is 0 Å². The molecule has 0 saturated heterocycles. The SMILES string of the molecule is CCOC=O.CCc1ccccc1. The van der Waals surface area contributed by atoms with Crippen molar-refractivity contribution in [1.29, 1.82) is 0 Å². The molecule has 0 bridgehead atoms. The second kappa shape index (κ2) is 8.78. The predicted molar refractivity (Wildman–Crippen MR) is 53.5 cm³/mol. The molecule has 0 aliphatic carbocycles. The lowest BCUT2D eigenvalue weighted by atomic mass is 10.2. The summed E-state index contributed by atoms with van der Waals surface area (Å²) in [7, 11) is 0. The summed E-state index contributed by atoms with van der Waals surface area (Å²) in [5.41, 5.74) is 1.41. The number of aryl methyl sites for hydroxylation is 1. The van der Waals surface area contributed by atoms with E-state index in [0.29, 0.717) is 13.1 Å². The zero-order valence-electron chi connectivity index (χ0n) is 8.19. The quantitative estimate of drug-likeness (QED) is 0.668. The maximum atomic E-state index is 9.18. The van der Waals surface area contributed by atoms with Crippen molar-refractivity contribution in [2.45, 2.75) is 20.3 Å². The minimum absolute atomic E-state index is 0.431. The Kier molecular flexibility index (Phi) is 7.90. The van der Waals surface area contributed by atoms with E-state index >= 15 is 0 Å². The van der Waals surface area contributed by atoms with Gasteiger partial charge in [-0.25, -0.2) is 0 Å². The first-order valence-corrected chi connectivity index (χ1v) is 4.44. The lowest BCUT2D eigenvalue weighted by Crippen LogP contribution is -1.80. The molecule has 0 aromatic heterocycles. The monoisotopic (exact) mass is 180 g/mol. The Morgan fingerprint density at radius 2 is 1.85 bits per heavy atom. The molecular weight excluding hydrogens is 164 g/mol. The van der Waals surface area contributed by atoms with E-state index < -0.39 is 0 Å². The summed E-state index contributed by atoms with van der Waals surface area (Å²) in [4.78, 5) is 9.18. The molecule has 0 atom stereocenters. The van der Waals surface area contributed by atoms with Gasteiger partial charge in [-0.05, 0) is 18.9 Å². The van der Waals surface area contributed by atoms with Gasteiger partial charge in [-0.1, -0.05) is 37.3 Å². The van der Waals surface area contributed by atoms with Crippen LogP contribution in [0, 0.1) is 0 Å². The van der Waals surface area contributed by atoms with Crippen LogP contribution in [0.25, 0.3) is 0 Å². The fourth-order valence-electron chi connectivity index (χ4n) is 0.782. The molecule has 2 nitrogen and oxygen atoms in total. The number of ether oxygens (including phenoxy) is 1. The van der Waals surface area contributed by atoms with Gasteiger partial charge in [0.25, 0.3) is 6.47 Å². The molecule has 1 aromatic carbocycles. The third kappa shape index (κ3) is 7.06. The van der Waals surface area contributed by atoms with Crippen molar-refractivity contribution in [2.75, 3.05) is 6.61 Å². The normalized spacial score (nSPS) is 8.15. The first-order valence-electron chi connectivity index (χ1n) is 4.44. The van der Waals surface area contributed by atoms with Crippen molar-refractivity contribution in [3.05, 3.63) is 35.9 Å². The highest BCUT2D eigenvalue weighted by atomic mass is 16.5. The minimum atomic E-state index is 0.431. The van der Waals surface area contributed by atoms with Gasteiger partial charge in [0.1, 0.15) is 0 Å². The van der Waals surface area contributed by atoms with Crippen LogP contribution in [0.1, 0.15) is 19.4 Å². The topological polar surface area (TPSA) is 26.3 Å². The Bertz CT molecular complexity index is 207. The van der Waals surface area contributed by atoms with E-state index in [1.54, 1.807) is 6.92 Å². The van der Waals surface area contributed by atoms with Crippen LogP contribution in [-0.2, 0) is 16.0 Å². The molecule has 0 saturated carbocycles. The van der Waals surface area contributed by atoms with Gasteiger partial charge >= 0.3 is 0 Å². The number of carbonyl (C=O) groups excluding carboxylic acids is 1. The first kappa shape index (κ1) is 11.7. The van der Waals surface area contributed by atoms with Gasteiger partial charge in [0, 0.05) is 0 Å². The van der Waals surface area contributed by atoms with Crippen LogP contribution >= 0.6 is 0 Å². The summed E-state index contributed by atoms with van der Waals surface area (Å²) in [6.07, 6.45) is 1.14. The molecule has 0 amide bonds. The fraction of sp³-hybridized carbons (Fsp3) is 0.364. The molecule has 72 valence electrons. The molecule has 0 aliphatic rings. The molecule has 0 N–H and O–H groups in total. The third-order valence-electron chi connectivity index (χ3n) is 1.49. The van der Waals surface area contributed by atoms with E-state index in [0.717, 1.165) is 6.42 Å². The van der Waals surface area contributed by atoms with E-state index in [2.05, 4.69) is 35.9 Å². The van der Waals surface area contributed by atoms with Gasteiger partial charge in [0.2, 0.25) is 0 Å². The maximum Gasteiger partial charge on any atom is 0.293 e. The van der Waals surface area contributed by atoms with E-state index in [1.165, 1.54) is 5.56 Å². The molecular formula is C11H16O2. The Morgan fingerprint density at radius 3 is 2.08 bits per heavy atom. The molecule has 0 heterocycles. The van der Waals surface area contributed by atoms with Crippen LogP contribution in [0.15, 0.2) is 30.3 Å². The summed E-state index contributed by atoms with van der Waals surface area (Å²) in [6.45, 7) is 4.83. The zero-order chi connectivity index (χ0) is 9.94. The molecule has 13 heavy (non-hydrogen) atoms. The van der Waals surface area contributed by atoms with Crippen LogP contribution in [-0.4, -0.2) is 13.1 Å². The summed E-state index contributed by atoms with van der Waals surface area (Å²) in [5.74, 6) is 0. The Labute approximate surface area is 79.5 Å². The molecule has 0 aliphatic heterocycles. The first-order chi connectivity index (χ1) is 6.35. The van der Waals surface area contributed by atoms with Gasteiger partial charge < -0.3 is 4.74 Å². The summed E-state index contributed by atoms with van der Waals surface area (Å²) in [5, 5.41) is 0. The number of hydrogen-bond donors (Lipinski definition) is 0. The third-order valence-corrected chi connectivity index (χ3v) is 1.49. The van der Waals surface area contributed by atoms with E-state index in [1.807, 2.05) is 6.07 Å². The second-order valence-electron chi connectivity index (χ2n) is 2.39. The molecule has 0 radical (unpaired) electrons. The highest BCUT2D eigenvalue weighted by Crippen LogP contribution is 1.96. The van der Waals surface area contributed by atoms with Crippen LogP contribution in [0.2, 0.25) is 0 Å². The van der Waals surface area contributed by atoms with Crippen LogP contribution in [0.3, 0.4) is 0 Å². The molecule has 2 heteroatoms. The summed E-state index contributed by atoms with van der Waals surface area (Å²) >= 11 is 0. The van der Waals surface area contributed by atoms with Crippen LogP contribution in [0.4, 0.5) is 0 Å². The molecule has 0 fully saturated rings. The Morgan fingerprint density at radius 1 is 1.23 bits per heavy atom. The average molecular weight is 180 g/mol. The molecule has 0 unspecified atom stereocenters. The van der Waals surface area contributed by atoms with E-state index in [4.69, 9.17) is 0 Å². The van der Waals surface area contributed by atoms with Gasteiger partial charge in [-0.2, -0.15) is 0 Å². The van der Waals surface area contributed by atoms with Crippen molar-refractivity contribution in [3.8, 4) is 0 Å². The minimum Gasteiger partial charge on any atom is -0.468 e. The van der Waals surface area contributed by atoms with E-state index in [9.17, 15) is 4.79 Å². The average Bonchev–Trinajstić information content (AvgIpc) is 2.21. The van der Waals surface area contributed by atoms with Gasteiger partial charge in [0.05, 0.1) is 6.61 Å². The lowest BCUT2D eigenvalue weighted by molar-refractivity contribution is -0.128. The maximum absolute atomic E-state index is 9.18. The highest BCUT2D eigenvalue weighted by molar-refractivity contribution is 5.36. The molecule has 1 aromatic rings. The van der Waals surface area contributed by atoms with Gasteiger partial charge in [-0.3, -0.25) is 4.79 Å². The number of hydrogen-bond acceptors (Lipinski definition) is 2. The van der Waals surface area contributed by atoms with Crippen molar-refractivity contribution < 1.29 is 9.53 Å². The molecule has 1 rings (SSSR count). The van der Waals surface area contributed by atoms with Crippen molar-refractivity contribution in [1.82, 2.24) is 0 Å². The smallest absolute Gasteiger partial charge is 0.293 e. The number of rotatable bonds is 3. The van der Waals surface area contributed by atoms with E-state index in [-0.39, 0.29) is 0 Å². The fourth-order valence-corrected chi connectivity index (χ4v) is 0.782. The van der Waals surface area contributed by atoms with Gasteiger partial charge in [0.15, 0.2) is 0 Å². The van der Waals surface area contributed by atoms with Crippen molar-refractivity contribution in [3.63, 3.8) is 0 Å². The summed E-state index contributed by atoms with van der Waals surface area (Å²) in [6, 6.07) is 10.5. The highest BCUT2D eigenvalue weighted by Gasteiger charge is 1.79. The number of benzene rings is 1. The Hall–Kier alpha value is -1.31. The second-order valence-corrected chi connectivity index (χ2v) is 2.39. The molecule has 0 spiro atoms. The Balaban J connectivity index is 0.000000252. The van der Waals surface area contributed by atoms with Crippen LogP contribution in [0.5, 0.6) is 0 Å².